The second-order valence-corrected chi connectivity index (χ2v) is 5.61. The van der Waals surface area contributed by atoms with Crippen molar-refractivity contribution in [3.8, 4) is 0 Å². The average molecular weight is 243 g/mol. The van der Waals surface area contributed by atoms with Gasteiger partial charge in [0, 0.05) is 6.04 Å². The van der Waals surface area contributed by atoms with E-state index in [4.69, 9.17) is 5.11 Å². The molecule has 0 aromatic carbocycles. The summed E-state index contributed by atoms with van der Waals surface area (Å²) < 4.78 is 0. The van der Waals surface area contributed by atoms with E-state index < -0.39 is 29.3 Å². The Kier molecular flexibility index (Phi) is 3.81. The van der Waals surface area contributed by atoms with E-state index in [0.717, 1.165) is 0 Å². The Morgan fingerprint density at radius 2 is 1.82 bits per heavy atom. The summed E-state index contributed by atoms with van der Waals surface area (Å²) in [7, 11) is 0. The van der Waals surface area contributed by atoms with Crippen LogP contribution in [0.2, 0.25) is 0 Å². The number of hydrogen-bond acceptors (Lipinski definition) is 3. The first-order valence-electron chi connectivity index (χ1n) is 5.89. The van der Waals surface area contributed by atoms with Gasteiger partial charge in [-0.15, -0.1) is 0 Å². The molecule has 1 saturated carbocycles. The topological polar surface area (TPSA) is 86.6 Å². The fourth-order valence-corrected chi connectivity index (χ4v) is 2.49. The molecule has 17 heavy (non-hydrogen) atoms. The number of aliphatic hydroxyl groups is 1. The summed E-state index contributed by atoms with van der Waals surface area (Å²) in [5.74, 6) is -2.20. The van der Waals surface area contributed by atoms with Gasteiger partial charge in [0.1, 0.15) is 0 Å². The predicted octanol–water partition coefficient (Wildman–Crippen LogP) is 0.619. The van der Waals surface area contributed by atoms with Crippen molar-refractivity contribution >= 4 is 11.9 Å². The second kappa shape index (κ2) is 4.64. The number of carbonyl (C=O) groups excluding carboxylic acids is 1. The summed E-state index contributed by atoms with van der Waals surface area (Å²) in [6, 6.07) is -0.145. The molecule has 0 spiro atoms. The number of carbonyl (C=O) groups is 2. The molecular formula is C12H21NO4. The molecule has 0 aromatic heterocycles. The minimum absolute atomic E-state index is 0.145. The minimum Gasteiger partial charge on any atom is -0.481 e. The number of carboxylic acids is 1. The van der Waals surface area contributed by atoms with Gasteiger partial charge in [0.2, 0.25) is 5.91 Å². The van der Waals surface area contributed by atoms with Gasteiger partial charge in [-0.25, -0.2) is 0 Å². The lowest BCUT2D eigenvalue weighted by Crippen LogP contribution is -2.36. The van der Waals surface area contributed by atoms with E-state index in [2.05, 4.69) is 5.32 Å². The third-order valence-corrected chi connectivity index (χ3v) is 3.46. The first-order chi connectivity index (χ1) is 7.67. The van der Waals surface area contributed by atoms with Crippen molar-refractivity contribution in [2.75, 3.05) is 0 Å². The van der Waals surface area contributed by atoms with Gasteiger partial charge in [-0.2, -0.15) is 0 Å². The largest absolute Gasteiger partial charge is 0.481 e. The maximum Gasteiger partial charge on any atom is 0.307 e. The molecule has 1 amide bonds. The molecule has 1 rings (SSSR count). The van der Waals surface area contributed by atoms with Gasteiger partial charge in [0.25, 0.3) is 0 Å². The molecule has 4 unspecified atom stereocenters. The zero-order valence-electron chi connectivity index (χ0n) is 10.7. The minimum atomic E-state index is -0.918. The molecule has 0 aliphatic heterocycles. The van der Waals surface area contributed by atoms with Crippen LogP contribution in [0.25, 0.3) is 0 Å². The van der Waals surface area contributed by atoms with Gasteiger partial charge in [-0.3, -0.25) is 9.59 Å². The molecule has 0 heterocycles. The zero-order valence-corrected chi connectivity index (χ0v) is 10.7. The molecule has 0 saturated heterocycles. The highest BCUT2D eigenvalue weighted by Crippen LogP contribution is 2.58. The Morgan fingerprint density at radius 3 is 2.18 bits per heavy atom. The quantitative estimate of drug-likeness (QED) is 0.660. The highest BCUT2D eigenvalue weighted by atomic mass is 16.4. The van der Waals surface area contributed by atoms with Crippen LogP contribution in [0.5, 0.6) is 0 Å². The fourth-order valence-electron chi connectivity index (χ4n) is 2.49. The molecular weight excluding hydrogens is 222 g/mol. The van der Waals surface area contributed by atoms with Crippen molar-refractivity contribution in [2.24, 2.45) is 17.3 Å². The number of amides is 1. The first kappa shape index (κ1) is 14.0. The van der Waals surface area contributed by atoms with Crippen molar-refractivity contribution in [1.29, 1.82) is 0 Å². The van der Waals surface area contributed by atoms with E-state index in [1.54, 1.807) is 27.7 Å². The van der Waals surface area contributed by atoms with Crippen LogP contribution in [-0.4, -0.2) is 34.2 Å². The summed E-state index contributed by atoms with van der Waals surface area (Å²) in [5.41, 5.74) is -0.472. The molecule has 1 aliphatic rings. The molecule has 0 aromatic rings. The lowest BCUT2D eigenvalue weighted by atomic mass is 10.1. The molecule has 1 fully saturated rings. The van der Waals surface area contributed by atoms with Gasteiger partial charge in [0.05, 0.1) is 17.9 Å². The Labute approximate surface area is 101 Å². The normalized spacial score (nSPS) is 29.2. The highest BCUT2D eigenvalue weighted by Gasteiger charge is 2.65. The number of carboxylic acid groups (broad SMARTS) is 1. The van der Waals surface area contributed by atoms with Crippen molar-refractivity contribution < 1.29 is 19.8 Å². The van der Waals surface area contributed by atoms with Crippen molar-refractivity contribution in [3.05, 3.63) is 0 Å². The summed E-state index contributed by atoms with van der Waals surface area (Å²) in [6.45, 7) is 7.03. The predicted molar refractivity (Wildman–Crippen MR) is 62.3 cm³/mol. The SMILES string of the molecule is CC(O)CC(C)NC(=O)C1C(C(=O)O)C1(C)C. The van der Waals surface area contributed by atoms with Crippen molar-refractivity contribution in [2.45, 2.75) is 46.3 Å². The van der Waals surface area contributed by atoms with E-state index in [1.165, 1.54) is 0 Å². The molecule has 5 heteroatoms. The molecule has 4 atom stereocenters. The molecule has 1 aliphatic carbocycles. The van der Waals surface area contributed by atoms with Crippen LogP contribution in [0.3, 0.4) is 0 Å². The summed E-state index contributed by atoms with van der Waals surface area (Å²) >= 11 is 0. The van der Waals surface area contributed by atoms with Gasteiger partial charge < -0.3 is 15.5 Å². The Bertz CT molecular complexity index is 324. The van der Waals surface area contributed by atoms with Crippen molar-refractivity contribution in [1.82, 2.24) is 5.32 Å². The van der Waals surface area contributed by atoms with E-state index >= 15 is 0 Å². The number of aliphatic carboxylic acids is 1. The van der Waals surface area contributed by atoms with Gasteiger partial charge >= 0.3 is 5.97 Å². The smallest absolute Gasteiger partial charge is 0.307 e. The maximum absolute atomic E-state index is 11.9. The molecule has 5 nitrogen and oxygen atoms in total. The average Bonchev–Trinajstić information content (AvgIpc) is 2.66. The summed E-state index contributed by atoms with van der Waals surface area (Å²) in [5, 5.41) is 20.9. The van der Waals surface area contributed by atoms with Crippen LogP contribution in [0.1, 0.15) is 34.1 Å². The van der Waals surface area contributed by atoms with E-state index in [9.17, 15) is 14.7 Å². The zero-order chi connectivity index (χ0) is 13.4. The first-order valence-corrected chi connectivity index (χ1v) is 5.89. The van der Waals surface area contributed by atoms with Crippen LogP contribution in [-0.2, 0) is 9.59 Å². The van der Waals surface area contributed by atoms with Crippen LogP contribution in [0, 0.1) is 17.3 Å². The molecule has 0 radical (unpaired) electrons. The summed E-state index contributed by atoms with van der Waals surface area (Å²) in [4.78, 5) is 22.8. The monoisotopic (exact) mass is 243 g/mol. The maximum atomic E-state index is 11.9. The summed E-state index contributed by atoms with van der Waals surface area (Å²) in [6.07, 6.45) is -0.0100. The fraction of sp³-hybridized carbons (Fsp3) is 0.833. The number of rotatable bonds is 5. The standard InChI is InChI=1S/C12H21NO4/c1-6(5-7(2)14)13-10(15)8-9(11(16)17)12(8,3)4/h6-9,14H,5H2,1-4H3,(H,13,15)(H,16,17). The van der Waals surface area contributed by atoms with E-state index in [0.29, 0.717) is 6.42 Å². The van der Waals surface area contributed by atoms with Crippen LogP contribution in [0.15, 0.2) is 0 Å². The molecule has 3 N–H and O–H groups in total. The van der Waals surface area contributed by atoms with Crippen LogP contribution >= 0.6 is 0 Å². The van der Waals surface area contributed by atoms with Gasteiger partial charge in [-0.1, -0.05) is 13.8 Å². The molecule has 0 bridgehead atoms. The third kappa shape index (κ3) is 2.97. The van der Waals surface area contributed by atoms with Crippen LogP contribution < -0.4 is 5.32 Å². The molecule has 98 valence electrons. The Balaban J connectivity index is 2.53. The number of aliphatic hydroxyl groups excluding tert-OH is 1. The van der Waals surface area contributed by atoms with Gasteiger partial charge in [-0.05, 0) is 25.7 Å². The third-order valence-electron chi connectivity index (χ3n) is 3.46. The van der Waals surface area contributed by atoms with Crippen LogP contribution in [0.4, 0.5) is 0 Å². The van der Waals surface area contributed by atoms with E-state index in [-0.39, 0.29) is 11.9 Å². The van der Waals surface area contributed by atoms with E-state index in [1.807, 2.05) is 0 Å². The van der Waals surface area contributed by atoms with Crippen molar-refractivity contribution in [3.63, 3.8) is 0 Å². The highest BCUT2D eigenvalue weighted by molar-refractivity contribution is 5.91. The lowest BCUT2D eigenvalue weighted by molar-refractivity contribution is -0.140. The lowest BCUT2D eigenvalue weighted by Gasteiger charge is -2.15. The second-order valence-electron chi connectivity index (χ2n) is 5.61. The number of nitrogens with one attached hydrogen (secondary N) is 1. The number of hydrogen-bond donors (Lipinski definition) is 3. The Hall–Kier alpha value is -1.10. The van der Waals surface area contributed by atoms with Gasteiger partial charge in [0.15, 0.2) is 0 Å². The Morgan fingerprint density at radius 1 is 1.29 bits per heavy atom.